The Balaban J connectivity index is 2.09. The Morgan fingerprint density at radius 1 is 1.17 bits per heavy atom. The van der Waals surface area contributed by atoms with Crippen LogP contribution in [0.4, 0.5) is 16.4 Å². The summed E-state index contributed by atoms with van der Waals surface area (Å²) in [4.78, 5) is 13.5. The van der Waals surface area contributed by atoms with Crippen molar-refractivity contribution in [1.29, 1.82) is 0 Å². The van der Waals surface area contributed by atoms with Gasteiger partial charge in [0.25, 0.3) is 0 Å². The Bertz CT molecular complexity index is 614. The first-order chi connectivity index (χ1) is 11.1. The zero-order valence-corrected chi connectivity index (χ0v) is 13.7. The number of benzene rings is 1. The summed E-state index contributed by atoms with van der Waals surface area (Å²) < 4.78 is 4.81. The van der Waals surface area contributed by atoms with Crippen molar-refractivity contribution in [3.63, 3.8) is 0 Å². The van der Waals surface area contributed by atoms with E-state index in [0.29, 0.717) is 12.4 Å². The number of hydrogen-bond acceptors (Lipinski definition) is 5. The quantitative estimate of drug-likeness (QED) is 0.884. The topological polar surface area (TPSA) is 67.3 Å². The van der Waals surface area contributed by atoms with Gasteiger partial charge in [0, 0.05) is 12.6 Å². The van der Waals surface area contributed by atoms with Crippen LogP contribution in [0.3, 0.4) is 0 Å². The van der Waals surface area contributed by atoms with Crippen LogP contribution in [0, 0.1) is 0 Å². The molecule has 0 fully saturated rings. The van der Waals surface area contributed by atoms with Crippen molar-refractivity contribution in [1.82, 2.24) is 10.2 Å². The van der Waals surface area contributed by atoms with Crippen molar-refractivity contribution < 1.29 is 9.53 Å². The van der Waals surface area contributed by atoms with Gasteiger partial charge in [-0.15, -0.1) is 10.2 Å². The van der Waals surface area contributed by atoms with E-state index in [1.807, 2.05) is 24.3 Å². The zero-order valence-electron chi connectivity index (χ0n) is 13.7. The highest BCUT2D eigenvalue weighted by atomic mass is 16.5. The van der Waals surface area contributed by atoms with Gasteiger partial charge in [0.2, 0.25) is 0 Å². The molecule has 0 atom stereocenters. The van der Waals surface area contributed by atoms with Crippen LogP contribution in [0.5, 0.6) is 0 Å². The highest BCUT2D eigenvalue weighted by Gasteiger charge is 2.13. The summed E-state index contributed by atoms with van der Waals surface area (Å²) in [7, 11) is 0. The molecular weight excluding hydrogens is 292 g/mol. The molecule has 2 aromatic rings. The van der Waals surface area contributed by atoms with E-state index in [1.54, 1.807) is 13.0 Å². The van der Waals surface area contributed by atoms with Gasteiger partial charge >= 0.3 is 6.09 Å². The standard InChI is InChI=1S/C17H22N4O2/c1-4-23-17(22)18-15-10-11-16(20-19-15)21(13(2)3)12-14-8-6-5-7-9-14/h5-11,13H,4,12H2,1-3H3,(H,18,19,22). The highest BCUT2D eigenvalue weighted by Crippen LogP contribution is 2.18. The molecule has 6 heteroatoms. The fourth-order valence-electron chi connectivity index (χ4n) is 2.13. The largest absolute Gasteiger partial charge is 0.450 e. The minimum atomic E-state index is -0.528. The summed E-state index contributed by atoms with van der Waals surface area (Å²) >= 11 is 0. The normalized spacial score (nSPS) is 10.4. The lowest BCUT2D eigenvalue weighted by Gasteiger charge is -2.27. The zero-order chi connectivity index (χ0) is 16.7. The second-order valence-corrected chi connectivity index (χ2v) is 5.33. The summed E-state index contributed by atoms with van der Waals surface area (Å²) in [5.41, 5.74) is 1.21. The number of ether oxygens (including phenoxy) is 1. The van der Waals surface area contributed by atoms with Gasteiger partial charge < -0.3 is 9.64 Å². The average molecular weight is 314 g/mol. The maximum absolute atomic E-state index is 11.4. The molecule has 0 saturated heterocycles. The number of amides is 1. The number of hydrogen-bond donors (Lipinski definition) is 1. The molecule has 0 spiro atoms. The molecule has 0 aliphatic rings. The third-order valence-corrected chi connectivity index (χ3v) is 3.27. The summed E-state index contributed by atoms with van der Waals surface area (Å²) in [6, 6.07) is 14.0. The van der Waals surface area contributed by atoms with Crippen molar-refractivity contribution >= 4 is 17.7 Å². The number of aromatic nitrogens is 2. The molecular formula is C17H22N4O2. The number of nitrogens with zero attached hydrogens (tertiary/aromatic N) is 3. The monoisotopic (exact) mass is 314 g/mol. The number of carbonyl (C=O) groups is 1. The lowest BCUT2D eigenvalue weighted by atomic mass is 10.2. The molecule has 1 aromatic heterocycles. The van der Waals surface area contributed by atoms with E-state index in [9.17, 15) is 4.79 Å². The van der Waals surface area contributed by atoms with Crippen molar-refractivity contribution in [2.45, 2.75) is 33.4 Å². The molecule has 0 bridgehead atoms. The van der Waals surface area contributed by atoms with Gasteiger partial charge in [-0.2, -0.15) is 0 Å². The maximum atomic E-state index is 11.4. The van der Waals surface area contributed by atoms with Crippen LogP contribution >= 0.6 is 0 Å². The van der Waals surface area contributed by atoms with E-state index in [2.05, 4.69) is 46.4 Å². The van der Waals surface area contributed by atoms with Crippen LogP contribution in [-0.4, -0.2) is 28.9 Å². The van der Waals surface area contributed by atoms with Crippen molar-refractivity contribution in [3.8, 4) is 0 Å². The summed E-state index contributed by atoms with van der Waals surface area (Å²) in [5, 5.41) is 10.8. The van der Waals surface area contributed by atoms with E-state index in [4.69, 9.17) is 4.74 Å². The van der Waals surface area contributed by atoms with Gasteiger partial charge in [-0.1, -0.05) is 30.3 Å². The molecule has 0 unspecified atom stereocenters. The molecule has 122 valence electrons. The van der Waals surface area contributed by atoms with E-state index < -0.39 is 6.09 Å². The Hall–Kier alpha value is -2.63. The Morgan fingerprint density at radius 3 is 2.48 bits per heavy atom. The summed E-state index contributed by atoms with van der Waals surface area (Å²) in [6.45, 7) is 7.02. The molecule has 6 nitrogen and oxygen atoms in total. The number of anilines is 2. The predicted molar refractivity (Wildman–Crippen MR) is 90.4 cm³/mol. The van der Waals surface area contributed by atoms with Crippen LogP contribution in [0.2, 0.25) is 0 Å². The SMILES string of the molecule is CCOC(=O)Nc1ccc(N(Cc2ccccc2)C(C)C)nn1. The number of nitrogens with one attached hydrogen (secondary N) is 1. The Morgan fingerprint density at radius 2 is 1.91 bits per heavy atom. The van der Waals surface area contributed by atoms with E-state index >= 15 is 0 Å². The van der Waals surface area contributed by atoms with Gasteiger partial charge in [0.1, 0.15) is 0 Å². The molecule has 1 heterocycles. The average Bonchev–Trinajstić information content (AvgIpc) is 2.54. The first kappa shape index (κ1) is 16.7. The van der Waals surface area contributed by atoms with Crippen molar-refractivity contribution in [2.24, 2.45) is 0 Å². The van der Waals surface area contributed by atoms with Crippen LogP contribution in [-0.2, 0) is 11.3 Å². The van der Waals surface area contributed by atoms with Crippen LogP contribution < -0.4 is 10.2 Å². The fourth-order valence-corrected chi connectivity index (χ4v) is 2.13. The maximum Gasteiger partial charge on any atom is 0.412 e. The van der Waals surface area contributed by atoms with Crippen LogP contribution in [0.1, 0.15) is 26.3 Å². The number of rotatable bonds is 6. The van der Waals surface area contributed by atoms with Crippen molar-refractivity contribution in [2.75, 3.05) is 16.8 Å². The first-order valence-corrected chi connectivity index (χ1v) is 7.68. The van der Waals surface area contributed by atoms with Gasteiger partial charge in [0.15, 0.2) is 11.6 Å². The highest BCUT2D eigenvalue weighted by molar-refractivity contribution is 5.83. The van der Waals surface area contributed by atoms with Crippen LogP contribution in [0.15, 0.2) is 42.5 Å². The lowest BCUT2D eigenvalue weighted by Crippen LogP contribution is -2.31. The summed E-state index contributed by atoms with van der Waals surface area (Å²) in [5.74, 6) is 1.13. The van der Waals surface area contributed by atoms with Crippen LogP contribution in [0.25, 0.3) is 0 Å². The van der Waals surface area contributed by atoms with E-state index in [-0.39, 0.29) is 6.04 Å². The predicted octanol–water partition coefficient (Wildman–Crippen LogP) is 3.46. The molecule has 1 aromatic carbocycles. The second-order valence-electron chi connectivity index (χ2n) is 5.33. The lowest BCUT2D eigenvalue weighted by molar-refractivity contribution is 0.168. The molecule has 23 heavy (non-hydrogen) atoms. The van der Waals surface area contributed by atoms with Gasteiger partial charge in [-0.05, 0) is 38.5 Å². The molecule has 0 aliphatic heterocycles. The molecule has 2 rings (SSSR count). The molecule has 0 saturated carbocycles. The second kappa shape index (κ2) is 8.12. The molecule has 1 amide bonds. The smallest absolute Gasteiger partial charge is 0.412 e. The Labute approximate surface area is 136 Å². The third-order valence-electron chi connectivity index (χ3n) is 3.27. The van der Waals surface area contributed by atoms with Gasteiger partial charge in [-0.3, -0.25) is 5.32 Å². The Kier molecular flexibility index (Phi) is 5.91. The minimum Gasteiger partial charge on any atom is -0.450 e. The summed E-state index contributed by atoms with van der Waals surface area (Å²) in [6.07, 6.45) is -0.528. The van der Waals surface area contributed by atoms with Gasteiger partial charge in [0.05, 0.1) is 6.61 Å². The minimum absolute atomic E-state index is 0.272. The molecule has 1 N–H and O–H groups in total. The molecule has 0 aliphatic carbocycles. The third kappa shape index (κ3) is 4.95. The van der Waals surface area contributed by atoms with E-state index in [0.717, 1.165) is 12.4 Å². The van der Waals surface area contributed by atoms with Crippen molar-refractivity contribution in [3.05, 3.63) is 48.0 Å². The van der Waals surface area contributed by atoms with Gasteiger partial charge in [-0.25, -0.2) is 4.79 Å². The number of carbonyl (C=O) groups excluding carboxylic acids is 1. The molecule has 0 radical (unpaired) electrons. The fraction of sp³-hybridized carbons (Fsp3) is 0.353. The van der Waals surface area contributed by atoms with E-state index in [1.165, 1.54) is 5.56 Å². The first-order valence-electron chi connectivity index (χ1n) is 7.68.